The maximum atomic E-state index is 11.8. The summed E-state index contributed by atoms with van der Waals surface area (Å²) in [5.41, 5.74) is 1.18. The number of hydrogen-bond acceptors (Lipinski definition) is 2. The Labute approximate surface area is 95.7 Å². The van der Waals surface area contributed by atoms with Gasteiger partial charge in [0.25, 0.3) is 0 Å². The van der Waals surface area contributed by atoms with Crippen LogP contribution in [0.4, 0.5) is 4.79 Å². The van der Waals surface area contributed by atoms with Crippen molar-refractivity contribution in [3.63, 3.8) is 0 Å². The first-order valence-electron chi connectivity index (χ1n) is 5.77. The van der Waals surface area contributed by atoms with E-state index in [0.717, 1.165) is 19.4 Å². The van der Waals surface area contributed by atoms with E-state index in [2.05, 4.69) is 10.3 Å². The molecule has 0 aliphatic carbocycles. The van der Waals surface area contributed by atoms with Gasteiger partial charge >= 0.3 is 6.03 Å². The lowest BCUT2D eigenvalue weighted by Crippen LogP contribution is -2.39. The van der Waals surface area contributed by atoms with Crippen LogP contribution in [0.2, 0.25) is 0 Å². The molecule has 86 valence electrons. The molecule has 1 fully saturated rings. The van der Waals surface area contributed by atoms with Crippen molar-refractivity contribution in [1.82, 2.24) is 15.2 Å². The summed E-state index contributed by atoms with van der Waals surface area (Å²) >= 11 is 0. The van der Waals surface area contributed by atoms with Gasteiger partial charge in [-0.2, -0.15) is 0 Å². The predicted molar refractivity (Wildman–Crippen MR) is 62.0 cm³/mol. The quantitative estimate of drug-likeness (QED) is 0.826. The largest absolute Gasteiger partial charge is 0.338 e. The SMILES string of the molecule is CCNC(=O)N1CCCC1c1ccncc1. The number of carbonyl (C=O) groups is 1. The van der Waals surface area contributed by atoms with Gasteiger partial charge in [-0.1, -0.05) is 0 Å². The molecular formula is C12H17N3O. The average Bonchev–Trinajstić information content (AvgIpc) is 2.79. The Morgan fingerprint density at radius 1 is 1.56 bits per heavy atom. The van der Waals surface area contributed by atoms with Crippen LogP contribution in [0.25, 0.3) is 0 Å². The Bertz CT molecular complexity index is 353. The normalized spacial score (nSPS) is 19.8. The summed E-state index contributed by atoms with van der Waals surface area (Å²) < 4.78 is 0. The van der Waals surface area contributed by atoms with Gasteiger partial charge in [-0.25, -0.2) is 4.79 Å². The van der Waals surface area contributed by atoms with Crippen LogP contribution in [0, 0.1) is 0 Å². The zero-order valence-electron chi connectivity index (χ0n) is 9.52. The Balaban J connectivity index is 2.12. The second-order valence-electron chi connectivity index (χ2n) is 3.97. The fourth-order valence-corrected chi connectivity index (χ4v) is 2.19. The van der Waals surface area contributed by atoms with Crippen molar-refractivity contribution in [3.8, 4) is 0 Å². The van der Waals surface area contributed by atoms with Crippen molar-refractivity contribution in [2.45, 2.75) is 25.8 Å². The maximum absolute atomic E-state index is 11.8. The molecule has 1 aromatic rings. The van der Waals surface area contributed by atoms with Crippen LogP contribution in [-0.4, -0.2) is 29.0 Å². The highest BCUT2D eigenvalue weighted by Crippen LogP contribution is 2.31. The van der Waals surface area contributed by atoms with Crippen molar-refractivity contribution in [2.24, 2.45) is 0 Å². The maximum Gasteiger partial charge on any atom is 0.317 e. The fraction of sp³-hybridized carbons (Fsp3) is 0.500. The summed E-state index contributed by atoms with van der Waals surface area (Å²) in [6.45, 7) is 3.46. The number of carbonyl (C=O) groups excluding carboxylic acids is 1. The van der Waals surface area contributed by atoms with Gasteiger partial charge in [0.1, 0.15) is 0 Å². The van der Waals surface area contributed by atoms with Crippen LogP contribution in [0.3, 0.4) is 0 Å². The molecule has 1 aromatic heterocycles. The fourth-order valence-electron chi connectivity index (χ4n) is 2.19. The first-order valence-corrected chi connectivity index (χ1v) is 5.77. The van der Waals surface area contributed by atoms with Crippen LogP contribution in [-0.2, 0) is 0 Å². The standard InChI is InChI=1S/C12H17N3O/c1-2-14-12(16)15-9-3-4-11(15)10-5-7-13-8-6-10/h5-8,11H,2-4,9H2,1H3,(H,14,16). The zero-order chi connectivity index (χ0) is 11.4. The van der Waals surface area contributed by atoms with Crippen LogP contribution in [0.5, 0.6) is 0 Å². The molecule has 0 spiro atoms. The van der Waals surface area contributed by atoms with E-state index < -0.39 is 0 Å². The highest BCUT2D eigenvalue weighted by Gasteiger charge is 2.29. The Morgan fingerprint density at radius 2 is 2.31 bits per heavy atom. The van der Waals surface area contributed by atoms with E-state index in [-0.39, 0.29) is 12.1 Å². The second kappa shape index (κ2) is 4.96. The highest BCUT2D eigenvalue weighted by molar-refractivity contribution is 5.75. The lowest BCUT2D eigenvalue weighted by molar-refractivity contribution is 0.193. The summed E-state index contributed by atoms with van der Waals surface area (Å²) in [5, 5.41) is 2.86. The number of urea groups is 1. The highest BCUT2D eigenvalue weighted by atomic mass is 16.2. The number of aromatic nitrogens is 1. The van der Waals surface area contributed by atoms with Gasteiger partial charge in [-0.15, -0.1) is 0 Å². The molecule has 1 N–H and O–H groups in total. The van der Waals surface area contributed by atoms with Gasteiger partial charge in [0.15, 0.2) is 0 Å². The van der Waals surface area contributed by atoms with Gasteiger partial charge in [-0.3, -0.25) is 4.98 Å². The molecule has 0 radical (unpaired) electrons. The molecule has 1 aliphatic heterocycles. The minimum Gasteiger partial charge on any atom is -0.338 e. The number of pyridine rings is 1. The molecule has 1 unspecified atom stereocenters. The number of nitrogens with one attached hydrogen (secondary N) is 1. The van der Waals surface area contributed by atoms with Crippen molar-refractivity contribution in [3.05, 3.63) is 30.1 Å². The molecule has 0 bridgehead atoms. The van der Waals surface area contributed by atoms with Gasteiger partial charge in [0.05, 0.1) is 6.04 Å². The van der Waals surface area contributed by atoms with Crippen molar-refractivity contribution >= 4 is 6.03 Å². The van der Waals surface area contributed by atoms with Crippen LogP contribution in [0.1, 0.15) is 31.4 Å². The molecule has 1 aliphatic rings. The molecule has 2 rings (SSSR count). The number of likely N-dealkylation sites (tertiary alicyclic amines) is 1. The molecular weight excluding hydrogens is 202 g/mol. The first kappa shape index (κ1) is 10.9. The monoisotopic (exact) mass is 219 g/mol. The van der Waals surface area contributed by atoms with E-state index in [9.17, 15) is 4.79 Å². The third-order valence-corrected chi connectivity index (χ3v) is 2.93. The second-order valence-corrected chi connectivity index (χ2v) is 3.97. The lowest BCUT2D eigenvalue weighted by atomic mass is 10.1. The smallest absolute Gasteiger partial charge is 0.317 e. The van der Waals surface area contributed by atoms with E-state index in [1.54, 1.807) is 12.4 Å². The summed E-state index contributed by atoms with van der Waals surface area (Å²) in [6.07, 6.45) is 5.68. The number of hydrogen-bond donors (Lipinski definition) is 1. The third-order valence-electron chi connectivity index (χ3n) is 2.93. The molecule has 2 amide bonds. The Kier molecular flexibility index (Phi) is 3.39. The van der Waals surface area contributed by atoms with Crippen molar-refractivity contribution < 1.29 is 4.79 Å². The van der Waals surface area contributed by atoms with Crippen molar-refractivity contribution in [2.75, 3.05) is 13.1 Å². The summed E-state index contributed by atoms with van der Waals surface area (Å²) in [4.78, 5) is 17.7. The molecule has 1 atom stereocenters. The zero-order valence-corrected chi connectivity index (χ0v) is 9.52. The molecule has 2 heterocycles. The average molecular weight is 219 g/mol. The van der Waals surface area contributed by atoms with Crippen LogP contribution in [0.15, 0.2) is 24.5 Å². The number of nitrogens with zero attached hydrogens (tertiary/aromatic N) is 2. The Morgan fingerprint density at radius 3 is 3.00 bits per heavy atom. The molecule has 4 heteroatoms. The van der Waals surface area contributed by atoms with Crippen LogP contribution >= 0.6 is 0 Å². The van der Waals surface area contributed by atoms with E-state index in [0.29, 0.717) is 6.54 Å². The number of rotatable bonds is 2. The minimum atomic E-state index is 0.0433. The van der Waals surface area contributed by atoms with E-state index in [1.807, 2.05) is 24.0 Å². The third kappa shape index (κ3) is 2.15. The van der Waals surface area contributed by atoms with E-state index in [1.165, 1.54) is 5.56 Å². The predicted octanol–water partition coefficient (Wildman–Crippen LogP) is 1.95. The lowest BCUT2D eigenvalue weighted by Gasteiger charge is -2.24. The topological polar surface area (TPSA) is 45.2 Å². The minimum absolute atomic E-state index is 0.0433. The number of amides is 2. The van der Waals surface area contributed by atoms with Gasteiger partial charge < -0.3 is 10.2 Å². The Hall–Kier alpha value is -1.58. The summed E-state index contributed by atoms with van der Waals surface area (Å²) in [5.74, 6) is 0. The molecule has 0 aromatic carbocycles. The molecule has 0 saturated carbocycles. The van der Waals surface area contributed by atoms with Crippen LogP contribution < -0.4 is 5.32 Å². The molecule has 16 heavy (non-hydrogen) atoms. The molecule has 1 saturated heterocycles. The summed E-state index contributed by atoms with van der Waals surface area (Å²) in [6, 6.07) is 4.24. The van der Waals surface area contributed by atoms with Crippen molar-refractivity contribution in [1.29, 1.82) is 0 Å². The van der Waals surface area contributed by atoms with E-state index in [4.69, 9.17) is 0 Å². The van der Waals surface area contributed by atoms with Gasteiger partial charge in [-0.05, 0) is 37.5 Å². The first-order chi connectivity index (χ1) is 7.83. The molecule has 4 nitrogen and oxygen atoms in total. The van der Waals surface area contributed by atoms with Gasteiger partial charge in [0.2, 0.25) is 0 Å². The summed E-state index contributed by atoms with van der Waals surface area (Å²) in [7, 11) is 0. The van der Waals surface area contributed by atoms with Gasteiger partial charge in [0, 0.05) is 25.5 Å². The van der Waals surface area contributed by atoms with E-state index >= 15 is 0 Å².